The van der Waals surface area contributed by atoms with Gasteiger partial charge >= 0.3 is 0 Å². The van der Waals surface area contributed by atoms with Gasteiger partial charge in [0.15, 0.2) is 11.5 Å². The molecule has 20 heavy (non-hydrogen) atoms. The molecule has 0 radical (unpaired) electrons. The highest BCUT2D eigenvalue weighted by Gasteiger charge is 2.16. The number of nitrogens with zero attached hydrogens (tertiary/aromatic N) is 6. The SMILES string of the molecule is CC(c1nc2c3ccsc3ncn2n1)n1cc(Br)cn1. The molecule has 100 valence electrons. The highest BCUT2D eigenvalue weighted by molar-refractivity contribution is 9.10. The molecule has 8 heteroatoms. The second-order valence-corrected chi connectivity index (χ2v) is 6.25. The number of rotatable bonds is 2. The quantitative estimate of drug-likeness (QED) is 0.558. The van der Waals surface area contributed by atoms with Gasteiger partial charge in [0, 0.05) is 6.20 Å². The Hall–Kier alpha value is -1.80. The molecule has 0 amide bonds. The van der Waals surface area contributed by atoms with Crippen molar-refractivity contribution in [1.82, 2.24) is 29.4 Å². The first kappa shape index (κ1) is 12.0. The molecule has 0 N–H and O–H groups in total. The molecule has 0 bridgehead atoms. The monoisotopic (exact) mass is 348 g/mol. The van der Waals surface area contributed by atoms with Gasteiger partial charge in [0.05, 0.1) is 16.1 Å². The van der Waals surface area contributed by atoms with E-state index in [1.807, 2.05) is 29.2 Å². The molecule has 0 fully saturated rings. The number of aromatic nitrogens is 6. The first-order chi connectivity index (χ1) is 9.72. The van der Waals surface area contributed by atoms with Crippen LogP contribution in [-0.4, -0.2) is 29.4 Å². The zero-order valence-electron chi connectivity index (χ0n) is 10.4. The lowest BCUT2D eigenvalue weighted by atomic mass is 10.3. The summed E-state index contributed by atoms with van der Waals surface area (Å²) in [5.41, 5.74) is 0.837. The van der Waals surface area contributed by atoms with Gasteiger partial charge in [-0.05, 0) is 34.3 Å². The van der Waals surface area contributed by atoms with Gasteiger partial charge in [-0.1, -0.05) is 0 Å². The molecule has 4 aromatic rings. The van der Waals surface area contributed by atoms with Crippen LogP contribution in [0.4, 0.5) is 0 Å². The Morgan fingerprint density at radius 3 is 3.10 bits per heavy atom. The zero-order valence-corrected chi connectivity index (χ0v) is 12.8. The van der Waals surface area contributed by atoms with Crippen LogP contribution in [0.5, 0.6) is 0 Å². The molecule has 0 saturated heterocycles. The van der Waals surface area contributed by atoms with E-state index in [1.54, 1.807) is 28.4 Å². The maximum atomic E-state index is 4.64. The van der Waals surface area contributed by atoms with Crippen molar-refractivity contribution < 1.29 is 0 Å². The van der Waals surface area contributed by atoms with Gasteiger partial charge in [0.25, 0.3) is 0 Å². The summed E-state index contributed by atoms with van der Waals surface area (Å²) < 4.78 is 4.49. The molecule has 4 aromatic heterocycles. The van der Waals surface area contributed by atoms with Gasteiger partial charge in [-0.3, -0.25) is 4.68 Å². The van der Waals surface area contributed by atoms with Crippen molar-refractivity contribution in [2.75, 3.05) is 0 Å². The van der Waals surface area contributed by atoms with Crippen LogP contribution in [0.25, 0.3) is 15.9 Å². The standard InChI is InChI=1S/C12H9BrN6S/c1-7(18-5-8(13)4-15-18)10-16-11-9-2-3-20-12(9)14-6-19(11)17-10/h2-7H,1H3. The molecule has 6 nitrogen and oxygen atoms in total. The number of thiophene rings is 1. The Kier molecular flexibility index (Phi) is 2.61. The Bertz CT molecular complexity index is 907. The van der Waals surface area contributed by atoms with Crippen LogP contribution in [0.1, 0.15) is 18.8 Å². The van der Waals surface area contributed by atoms with E-state index in [0.29, 0.717) is 0 Å². The predicted octanol–water partition coefficient (Wildman–Crippen LogP) is 2.91. The average molecular weight is 349 g/mol. The van der Waals surface area contributed by atoms with Crippen molar-refractivity contribution in [2.45, 2.75) is 13.0 Å². The van der Waals surface area contributed by atoms with Crippen molar-refractivity contribution in [2.24, 2.45) is 0 Å². The van der Waals surface area contributed by atoms with Gasteiger partial charge in [0.2, 0.25) is 0 Å². The van der Waals surface area contributed by atoms with Crippen LogP contribution in [0.3, 0.4) is 0 Å². The summed E-state index contributed by atoms with van der Waals surface area (Å²) in [6.07, 6.45) is 5.37. The minimum Gasteiger partial charge on any atom is -0.261 e. The Balaban J connectivity index is 1.87. The fraction of sp³-hybridized carbons (Fsp3) is 0.167. The van der Waals surface area contributed by atoms with Gasteiger partial charge in [0.1, 0.15) is 17.2 Å². The van der Waals surface area contributed by atoms with Crippen LogP contribution in [0.15, 0.2) is 34.6 Å². The smallest absolute Gasteiger partial charge is 0.176 e. The Morgan fingerprint density at radius 2 is 2.30 bits per heavy atom. The predicted molar refractivity (Wildman–Crippen MR) is 79.9 cm³/mol. The normalized spacial score (nSPS) is 13.3. The fourth-order valence-electron chi connectivity index (χ4n) is 2.10. The largest absolute Gasteiger partial charge is 0.261 e. The van der Waals surface area contributed by atoms with E-state index in [4.69, 9.17) is 0 Å². The molecule has 0 aliphatic heterocycles. The lowest BCUT2D eigenvalue weighted by molar-refractivity contribution is 0.536. The first-order valence-corrected chi connectivity index (χ1v) is 7.68. The van der Waals surface area contributed by atoms with Crippen molar-refractivity contribution in [3.8, 4) is 0 Å². The van der Waals surface area contributed by atoms with E-state index in [0.717, 1.165) is 26.2 Å². The first-order valence-electron chi connectivity index (χ1n) is 6.00. The minimum atomic E-state index is -0.0325. The van der Waals surface area contributed by atoms with Gasteiger partial charge in [-0.15, -0.1) is 16.4 Å². The third-order valence-electron chi connectivity index (χ3n) is 3.16. The fourth-order valence-corrected chi connectivity index (χ4v) is 3.13. The minimum absolute atomic E-state index is 0.0325. The van der Waals surface area contributed by atoms with Crippen LogP contribution >= 0.6 is 27.3 Å². The summed E-state index contributed by atoms with van der Waals surface area (Å²) in [6, 6.07) is 1.99. The number of halogens is 1. The topological polar surface area (TPSA) is 60.9 Å². The van der Waals surface area contributed by atoms with E-state index in [-0.39, 0.29) is 6.04 Å². The molecule has 4 heterocycles. The summed E-state index contributed by atoms with van der Waals surface area (Å²) in [6.45, 7) is 2.02. The third-order valence-corrected chi connectivity index (χ3v) is 4.39. The molecule has 4 rings (SSSR count). The molecule has 1 unspecified atom stereocenters. The molecule has 0 saturated carbocycles. The zero-order chi connectivity index (χ0) is 13.7. The van der Waals surface area contributed by atoms with Crippen molar-refractivity contribution >= 4 is 43.1 Å². The maximum Gasteiger partial charge on any atom is 0.176 e. The van der Waals surface area contributed by atoms with E-state index >= 15 is 0 Å². The average Bonchev–Trinajstić information content (AvgIpc) is 3.14. The van der Waals surface area contributed by atoms with Crippen molar-refractivity contribution in [1.29, 1.82) is 0 Å². The van der Waals surface area contributed by atoms with Crippen LogP contribution < -0.4 is 0 Å². The molecular formula is C12H9BrN6S. The van der Waals surface area contributed by atoms with Gasteiger partial charge < -0.3 is 0 Å². The Labute approximate surface area is 126 Å². The third kappa shape index (κ3) is 1.75. The summed E-state index contributed by atoms with van der Waals surface area (Å²) in [7, 11) is 0. The molecular weight excluding hydrogens is 340 g/mol. The van der Waals surface area contributed by atoms with E-state index in [9.17, 15) is 0 Å². The lowest BCUT2D eigenvalue weighted by Crippen LogP contribution is -2.09. The summed E-state index contributed by atoms with van der Waals surface area (Å²) in [4.78, 5) is 9.99. The van der Waals surface area contributed by atoms with Crippen molar-refractivity contribution in [3.63, 3.8) is 0 Å². The van der Waals surface area contributed by atoms with Gasteiger partial charge in [-0.2, -0.15) is 5.10 Å². The molecule has 0 aliphatic carbocycles. The summed E-state index contributed by atoms with van der Waals surface area (Å²) in [5, 5.41) is 11.8. The Morgan fingerprint density at radius 1 is 1.40 bits per heavy atom. The molecule has 0 spiro atoms. The van der Waals surface area contributed by atoms with E-state index in [1.165, 1.54) is 0 Å². The molecule has 0 aromatic carbocycles. The number of hydrogen-bond donors (Lipinski definition) is 0. The van der Waals surface area contributed by atoms with E-state index < -0.39 is 0 Å². The van der Waals surface area contributed by atoms with E-state index in [2.05, 4.69) is 36.1 Å². The highest BCUT2D eigenvalue weighted by Crippen LogP contribution is 2.23. The maximum absolute atomic E-state index is 4.64. The summed E-state index contributed by atoms with van der Waals surface area (Å²) >= 11 is 5.00. The highest BCUT2D eigenvalue weighted by atomic mass is 79.9. The molecule has 0 aliphatic rings. The van der Waals surface area contributed by atoms with Crippen molar-refractivity contribution in [3.05, 3.63) is 40.5 Å². The summed E-state index contributed by atoms with van der Waals surface area (Å²) in [5.74, 6) is 0.723. The van der Waals surface area contributed by atoms with Crippen LogP contribution in [0.2, 0.25) is 0 Å². The second kappa shape index (κ2) is 4.35. The van der Waals surface area contributed by atoms with Gasteiger partial charge in [-0.25, -0.2) is 14.5 Å². The number of hydrogen-bond acceptors (Lipinski definition) is 5. The lowest BCUT2D eigenvalue weighted by Gasteiger charge is -2.06. The number of fused-ring (bicyclic) bond motifs is 3. The van der Waals surface area contributed by atoms with Crippen LogP contribution in [0, 0.1) is 0 Å². The second-order valence-electron chi connectivity index (χ2n) is 4.44. The van der Waals surface area contributed by atoms with Crippen LogP contribution in [-0.2, 0) is 0 Å². The molecule has 1 atom stereocenters.